The van der Waals surface area contributed by atoms with Crippen molar-refractivity contribution in [2.75, 3.05) is 39.9 Å². The summed E-state index contributed by atoms with van der Waals surface area (Å²) in [6, 6.07) is 15.9. The summed E-state index contributed by atoms with van der Waals surface area (Å²) in [4.78, 5) is 28.5. The van der Waals surface area contributed by atoms with Gasteiger partial charge in [0.05, 0.1) is 46.7 Å². The predicted octanol–water partition coefficient (Wildman–Crippen LogP) is 4.75. The molecule has 0 radical (unpaired) electrons. The van der Waals surface area contributed by atoms with Crippen LogP contribution in [0.3, 0.4) is 0 Å². The third-order valence-electron chi connectivity index (χ3n) is 6.24. The molecule has 3 aromatic carbocycles. The number of anilines is 1. The van der Waals surface area contributed by atoms with Crippen molar-refractivity contribution in [3.05, 3.63) is 77.4 Å². The van der Waals surface area contributed by atoms with E-state index in [4.69, 9.17) is 23.7 Å². The van der Waals surface area contributed by atoms with Gasteiger partial charge in [0, 0.05) is 11.8 Å². The minimum atomic E-state index is -1.01. The SMILES string of the molecule is CCOc1cccc(N2C(=O)C(=O)/C(=C(/O)c3c(OC)cccc3OC)C2c2ccc(OC)c(OC)c2)c1. The van der Waals surface area contributed by atoms with E-state index >= 15 is 0 Å². The van der Waals surface area contributed by atoms with E-state index in [1.807, 2.05) is 6.92 Å². The number of hydrogen-bond donors (Lipinski definition) is 1. The molecule has 198 valence electrons. The zero-order valence-corrected chi connectivity index (χ0v) is 21.8. The van der Waals surface area contributed by atoms with Crippen LogP contribution in [0.2, 0.25) is 0 Å². The molecule has 9 heteroatoms. The Morgan fingerprint density at radius 3 is 2.05 bits per heavy atom. The van der Waals surface area contributed by atoms with E-state index in [0.717, 1.165) is 0 Å². The fourth-order valence-corrected chi connectivity index (χ4v) is 4.55. The predicted molar refractivity (Wildman–Crippen MR) is 141 cm³/mol. The van der Waals surface area contributed by atoms with E-state index in [1.165, 1.54) is 33.3 Å². The second-order valence-electron chi connectivity index (χ2n) is 8.25. The first-order chi connectivity index (χ1) is 18.4. The minimum absolute atomic E-state index is 0.133. The van der Waals surface area contributed by atoms with Crippen LogP contribution in [0.5, 0.6) is 28.7 Å². The molecule has 1 unspecified atom stereocenters. The average molecular weight is 520 g/mol. The van der Waals surface area contributed by atoms with Crippen molar-refractivity contribution in [3.63, 3.8) is 0 Å². The van der Waals surface area contributed by atoms with Crippen LogP contribution in [-0.2, 0) is 9.59 Å². The number of methoxy groups -OCH3 is 4. The Kier molecular flexibility index (Phi) is 7.76. The zero-order valence-electron chi connectivity index (χ0n) is 21.8. The van der Waals surface area contributed by atoms with E-state index < -0.39 is 23.5 Å². The Morgan fingerprint density at radius 1 is 0.816 bits per heavy atom. The zero-order chi connectivity index (χ0) is 27.4. The molecule has 1 aliphatic heterocycles. The summed E-state index contributed by atoms with van der Waals surface area (Å²) < 4.78 is 27.4. The first-order valence-electron chi connectivity index (χ1n) is 11.9. The van der Waals surface area contributed by atoms with Gasteiger partial charge in [-0.3, -0.25) is 14.5 Å². The molecule has 0 saturated carbocycles. The van der Waals surface area contributed by atoms with Gasteiger partial charge in [0.2, 0.25) is 0 Å². The smallest absolute Gasteiger partial charge is 0.300 e. The molecule has 0 aliphatic carbocycles. The van der Waals surface area contributed by atoms with Gasteiger partial charge in [-0.1, -0.05) is 18.2 Å². The van der Waals surface area contributed by atoms with E-state index in [2.05, 4.69) is 0 Å². The first-order valence-corrected chi connectivity index (χ1v) is 11.9. The Balaban J connectivity index is 2.02. The summed E-state index contributed by atoms with van der Waals surface area (Å²) in [7, 11) is 5.88. The number of hydrogen-bond acceptors (Lipinski definition) is 8. The molecule has 1 heterocycles. The van der Waals surface area contributed by atoms with E-state index in [0.29, 0.717) is 35.1 Å². The molecule has 4 rings (SSSR count). The Hall–Kier alpha value is -4.66. The van der Waals surface area contributed by atoms with Crippen molar-refractivity contribution in [1.29, 1.82) is 0 Å². The molecule has 1 N–H and O–H groups in total. The first kappa shape index (κ1) is 26.4. The lowest BCUT2D eigenvalue weighted by Crippen LogP contribution is -2.29. The molecule has 1 saturated heterocycles. The lowest BCUT2D eigenvalue weighted by atomic mass is 9.94. The number of benzene rings is 3. The highest BCUT2D eigenvalue weighted by atomic mass is 16.5. The maximum atomic E-state index is 13.6. The number of amides is 1. The van der Waals surface area contributed by atoms with Gasteiger partial charge in [0.15, 0.2) is 11.5 Å². The summed E-state index contributed by atoms with van der Waals surface area (Å²) in [6.45, 7) is 2.28. The highest BCUT2D eigenvalue weighted by molar-refractivity contribution is 6.51. The van der Waals surface area contributed by atoms with Crippen LogP contribution in [0.4, 0.5) is 5.69 Å². The van der Waals surface area contributed by atoms with Gasteiger partial charge < -0.3 is 28.8 Å². The lowest BCUT2D eigenvalue weighted by molar-refractivity contribution is -0.132. The monoisotopic (exact) mass is 519 g/mol. The van der Waals surface area contributed by atoms with Crippen molar-refractivity contribution in [3.8, 4) is 28.7 Å². The number of carbonyl (C=O) groups excluding carboxylic acids is 2. The summed E-state index contributed by atoms with van der Waals surface area (Å²) in [5, 5.41) is 11.6. The normalized spacial score (nSPS) is 16.3. The molecule has 3 aromatic rings. The Morgan fingerprint density at radius 2 is 1.45 bits per heavy atom. The van der Waals surface area contributed by atoms with Crippen molar-refractivity contribution in [2.45, 2.75) is 13.0 Å². The van der Waals surface area contributed by atoms with Crippen LogP contribution in [0.25, 0.3) is 5.76 Å². The largest absolute Gasteiger partial charge is 0.506 e. The quantitative estimate of drug-likeness (QED) is 0.246. The summed E-state index contributed by atoms with van der Waals surface area (Å²) in [5.41, 5.74) is 0.957. The Labute approximate surface area is 220 Å². The van der Waals surface area contributed by atoms with E-state index in [1.54, 1.807) is 60.7 Å². The number of Topliss-reactive ketones (excluding diaryl/α,β-unsaturated/α-hetero) is 1. The fraction of sp³-hybridized carbons (Fsp3) is 0.241. The molecular formula is C29H29NO8. The summed E-state index contributed by atoms with van der Waals surface area (Å²) >= 11 is 0. The van der Waals surface area contributed by atoms with Crippen molar-refractivity contribution in [1.82, 2.24) is 0 Å². The van der Waals surface area contributed by atoms with E-state index in [-0.39, 0.29) is 22.6 Å². The summed E-state index contributed by atoms with van der Waals surface area (Å²) in [5.74, 6) is -0.155. The van der Waals surface area contributed by atoms with Crippen molar-refractivity contribution >= 4 is 23.1 Å². The van der Waals surface area contributed by atoms with Crippen LogP contribution >= 0.6 is 0 Å². The number of ketones is 1. The highest BCUT2D eigenvalue weighted by Crippen LogP contribution is 2.46. The minimum Gasteiger partial charge on any atom is -0.506 e. The molecular weight excluding hydrogens is 490 g/mol. The highest BCUT2D eigenvalue weighted by Gasteiger charge is 2.48. The van der Waals surface area contributed by atoms with Gasteiger partial charge in [0.1, 0.15) is 28.6 Å². The Bertz CT molecular complexity index is 1370. The average Bonchev–Trinajstić information content (AvgIpc) is 3.21. The van der Waals surface area contributed by atoms with Gasteiger partial charge in [-0.05, 0) is 48.9 Å². The van der Waals surface area contributed by atoms with E-state index in [9.17, 15) is 14.7 Å². The molecule has 0 bridgehead atoms. The standard InChI is InChI=1S/C29H29NO8/c1-6-38-19-10-7-9-18(16-19)30-26(17-13-14-20(34-2)23(15-17)37-5)25(28(32)29(30)33)27(31)24-21(35-3)11-8-12-22(24)36-4/h7-16,26,31H,6H2,1-5H3/b27-25+. The molecule has 0 aromatic heterocycles. The van der Waals surface area contributed by atoms with Gasteiger partial charge in [0.25, 0.3) is 11.7 Å². The molecule has 0 spiro atoms. The number of carbonyl (C=O) groups is 2. The van der Waals surface area contributed by atoms with Crippen LogP contribution in [0.15, 0.2) is 66.2 Å². The number of nitrogens with zero attached hydrogens (tertiary/aromatic N) is 1. The lowest BCUT2D eigenvalue weighted by Gasteiger charge is -2.26. The number of aliphatic hydroxyl groups excluding tert-OH is 1. The third kappa shape index (κ3) is 4.58. The number of aliphatic hydroxyl groups is 1. The molecule has 1 atom stereocenters. The summed E-state index contributed by atoms with van der Waals surface area (Å²) in [6.07, 6.45) is 0. The number of rotatable bonds is 9. The maximum Gasteiger partial charge on any atom is 0.300 e. The van der Waals surface area contributed by atoms with Crippen LogP contribution < -0.4 is 28.6 Å². The van der Waals surface area contributed by atoms with Gasteiger partial charge in [-0.25, -0.2) is 0 Å². The van der Waals surface area contributed by atoms with Crippen LogP contribution in [-0.4, -0.2) is 51.8 Å². The third-order valence-corrected chi connectivity index (χ3v) is 6.24. The van der Waals surface area contributed by atoms with Gasteiger partial charge in [-0.15, -0.1) is 0 Å². The second-order valence-corrected chi connectivity index (χ2v) is 8.25. The topological polar surface area (TPSA) is 104 Å². The molecule has 9 nitrogen and oxygen atoms in total. The van der Waals surface area contributed by atoms with Crippen LogP contribution in [0, 0.1) is 0 Å². The fourth-order valence-electron chi connectivity index (χ4n) is 4.55. The second kappa shape index (κ2) is 11.2. The van der Waals surface area contributed by atoms with Gasteiger partial charge in [-0.2, -0.15) is 0 Å². The maximum absolute atomic E-state index is 13.6. The molecule has 1 aliphatic rings. The molecule has 38 heavy (non-hydrogen) atoms. The molecule has 1 fully saturated rings. The van der Waals surface area contributed by atoms with Crippen molar-refractivity contribution < 1.29 is 38.4 Å². The van der Waals surface area contributed by atoms with Crippen LogP contribution in [0.1, 0.15) is 24.1 Å². The van der Waals surface area contributed by atoms with Crippen molar-refractivity contribution in [2.24, 2.45) is 0 Å². The number of ether oxygens (including phenoxy) is 5. The van der Waals surface area contributed by atoms with Gasteiger partial charge >= 0.3 is 0 Å². The molecule has 1 amide bonds.